The molecule has 0 unspecified atom stereocenters. The number of carbonyl (C=O) groups excluding carboxylic acids is 1. The van der Waals surface area contributed by atoms with E-state index in [0.29, 0.717) is 10.7 Å². The van der Waals surface area contributed by atoms with E-state index >= 15 is 0 Å². The number of carbonyl (C=O) groups is 1. The van der Waals surface area contributed by atoms with Gasteiger partial charge in [-0.2, -0.15) is 0 Å². The largest absolute Gasteiger partial charge is 0.413 e. The third-order valence-corrected chi connectivity index (χ3v) is 5.02. The van der Waals surface area contributed by atoms with E-state index in [1.165, 1.54) is 31.2 Å². The number of esters is 1. The van der Waals surface area contributed by atoms with Gasteiger partial charge in [-0.25, -0.2) is 13.4 Å². The highest BCUT2D eigenvalue weighted by molar-refractivity contribution is 7.93. The number of benzene rings is 1. The van der Waals surface area contributed by atoms with Crippen LogP contribution in [0.15, 0.2) is 29.2 Å². The molecule has 0 aliphatic rings. The Morgan fingerprint density at radius 1 is 1.33 bits per heavy atom. The number of nitrogens with one attached hydrogen (secondary N) is 1. The third-order valence-electron chi connectivity index (χ3n) is 2.34. The number of halogens is 1. The van der Waals surface area contributed by atoms with Gasteiger partial charge in [0.1, 0.15) is 0 Å². The van der Waals surface area contributed by atoms with Crippen molar-refractivity contribution < 1.29 is 17.9 Å². The topological polar surface area (TPSA) is 85.4 Å². The van der Waals surface area contributed by atoms with Gasteiger partial charge in [-0.3, -0.25) is 9.52 Å². The number of sulfonamides is 1. The highest BCUT2D eigenvalue weighted by Crippen LogP contribution is 2.31. The molecular weight excluding hydrogens is 336 g/mol. The van der Waals surface area contributed by atoms with Crippen LogP contribution in [-0.2, 0) is 14.8 Å². The molecule has 1 aromatic carbocycles. The molecular formula is C12H11ClN2O4S2. The highest BCUT2D eigenvalue weighted by Gasteiger charge is 2.18. The summed E-state index contributed by atoms with van der Waals surface area (Å²) in [5.74, 6) is -0.492. The summed E-state index contributed by atoms with van der Waals surface area (Å²) in [4.78, 5) is 15.0. The van der Waals surface area contributed by atoms with Crippen LogP contribution in [-0.4, -0.2) is 19.4 Å². The second kappa shape index (κ2) is 6.00. The molecule has 1 heterocycles. The van der Waals surface area contributed by atoms with E-state index in [4.69, 9.17) is 16.3 Å². The van der Waals surface area contributed by atoms with Gasteiger partial charge >= 0.3 is 5.97 Å². The van der Waals surface area contributed by atoms with Crippen molar-refractivity contribution >= 4 is 44.1 Å². The maximum atomic E-state index is 12.2. The highest BCUT2D eigenvalue weighted by atomic mass is 35.5. The van der Waals surface area contributed by atoms with Crippen molar-refractivity contribution in [2.24, 2.45) is 0 Å². The number of anilines is 1. The van der Waals surface area contributed by atoms with Gasteiger partial charge in [0.25, 0.3) is 10.0 Å². The minimum atomic E-state index is -3.76. The van der Waals surface area contributed by atoms with Gasteiger partial charge in [-0.05, 0) is 31.2 Å². The molecule has 2 rings (SSSR count). The standard InChI is InChI=1S/C12H11ClN2O4S2/c1-7-11(19-8(2)16)20-12(14-7)15-21(17,18)10-5-3-9(13)4-6-10/h3-6H,1-2H3,(H,14,15). The lowest BCUT2D eigenvalue weighted by molar-refractivity contribution is -0.131. The first kappa shape index (κ1) is 15.7. The molecule has 9 heteroatoms. The number of ether oxygens (including phenoxy) is 1. The number of thiazole rings is 1. The van der Waals surface area contributed by atoms with Crippen molar-refractivity contribution in [1.29, 1.82) is 0 Å². The average Bonchev–Trinajstić information content (AvgIpc) is 2.68. The molecule has 0 atom stereocenters. The zero-order valence-electron chi connectivity index (χ0n) is 11.1. The Hall–Kier alpha value is -1.64. The van der Waals surface area contributed by atoms with Crippen LogP contribution in [0.2, 0.25) is 5.02 Å². The van der Waals surface area contributed by atoms with Crippen LogP contribution in [0, 0.1) is 6.92 Å². The maximum Gasteiger partial charge on any atom is 0.308 e. The molecule has 0 fully saturated rings. The van der Waals surface area contributed by atoms with Crippen LogP contribution in [0.4, 0.5) is 5.13 Å². The lowest BCUT2D eigenvalue weighted by atomic mass is 10.4. The molecule has 2 aromatic rings. The van der Waals surface area contributed by atoms with Crippen LogP contribution in [0.3, 0.4) is 0 Å². The minimum absolute atomic E-state index is 0.0637. The summed E-state index contributed by atoms with van der Waals surface area (Å²) in [6.45, 7) is 2.88. The average molecular weight is 347 g/mol. The van der Waals surface area contributed by atoms with Crippen molar-refractivity contribution in [2.45, 2.75) is 18.7 Å². The minimum Gasteiger partial charge on any atom is -0.413 e. The van der Waals surface area contributed by atoms with E-state index in [-0.39, 0.29) is 15.1 Å². The van der Waals surface area contributed by atoms with Crippen LogP contribution in [0.5, 0.6) is 5.06 Å². The Bertz CT molecular complexity index is 769. The molecule has 1 aromatic heterocycles. The zero-order valence-corrected chi connectivity index (χ0v) is 13.5. The first-order valence-electron chi connectivity index (χ1n) is 5.72. The summed E-state index contributed by atoms with van der Waals surface area (Å²) in [5.41, 5.74) is 0.434. The van der Waals surface area contributed by atoms with Crippen molar-refractivity contribution in [3.05, 3.63) is 35.0 Å². The summed E-state index contributed by atoms with van der Waals surface area (Å²) in [6.07, 6.45) is 0. The van der Waals surface area contributed by atoms with E-state index in [1.807, 2.05) is 0 Å². The number of aryl methyl sites for hydroxylation is 1. The fourth-order valence-electron chi connectivity index (χ4n) is 1.44. The molecule has 0 saturated carbocycles. The lowest BCUT2D eigenvalue weighted by Gasteiger charge is -2.04. The van der Waals surface area contributed by atoms with E-state index in [0.717, 1.165) is 11.3 Å². The molecule has 0 aliphatic heterocycles. The van der Waals surface area contributed by atoms with Gasteiger partial charge in [0.2, 0.25) is 5.06 Å². The van der Waals surface area contributed by atoms with Crippen molar-refractivity contribution in [1.82, 2.24) is 4.98 Å². The van der Waals surface area contributed by atoms with Gasteiger partial charge in [0.05, 0.1) is 10.6 Å². The Balaban J connectivity index is 2.24. The fourth-order valence-corrected chi connectivity index (χ4v) is 3.66. The van der Waals surface area contributed by atoms with E-state index in [2.05, 4.69) is 9.71 Å². The third kappa shape index (κ3) is 3.93. The molecule has 0 bridgehead atoms. The Morgan fingerprint density at radius 3 is 2.52 bits per heavy atom. The first-order chi connectivity index (χ1) is 9.78. The predicted molar refractivity (Wildman–Crippen MR) is 80.4 cm³/mol. The monoisotopic (exact) mass is 346 g/mol. The first-order valence-corrected chi connectivity index (χ1v) is 8.40. The molecule has 112 valence electrons. The molecule has 0 spiro atoms. The number of aromatic nitrogens is 1. The zero-order chi connectivity index (χ0) is 15.6. The predicted octanol–water partition coefficient (Wildman–Crippen LogP) is 2.83. The van der Waals surface area contributed by atoms with Gasteiger partial charge < -0.3 is 4.74 Å². The van der Waals surface area contributed by atoms with Crippen LogP contribution in [0.1, 0.15) is 12.6 Å². The van der Waals surface area contributed by atoms with Crippen molar-refractivity contribution in [3.63, 3.8) is 0 Å². The van der Waals surface area contributed by atoms with Crippen molar-refractivity contribution in [3.8, 4) is 5.06 Å². The summed E-state index contributed by atoms with van der Waals surface area (Å²) < 4.78 is 31.6. The van der Waals surface area contributed by atoms with Crippen molar-refractivity contribution in [2.75, 3.05) is 4.72 Å². The molecule has 0 aliphatic carbocycles. The van der Waals surface area contributed by atoms with Gasteiger partial charge in [0, 0.05) is 11.9 Å². The second-order valence-corrected chi connectivity index (χ2v) is 7.13. The van der Waals surface area contributed by atoms with Crippen LogP contribution >= 0.6 is 22.9 Å². The molecule has 0 saturated heterocycles. The normalized spacial score (nSPS) is 11.2. The van der Waals surface area contributed by atoms with E-state index < -0.39 is 16.0 Å². The van der Waals surface area contributed by atoms with Crippen LogP contribution in [0.25, 0.3) is 0 Å². The summed E-state index contributed by atoms with van der Waals surface area (Å²) in [6, 6.07) is 5.73. The Morgan fingerprint density at radius 2 is 1.95 bits per heavy atom. The van der Waals surface area contributed by atoms with Gasteiger partial charge in [-0.15, -0.1) is 0 Å². The summed E-state index contributed by atoms with van der Waals surface area (Å²) in [7, 11) is -3.76. The number of hydrogen-bond donors (Lipinski definition) is 1. The van der Waals surface area contributed by atoms with Gasteiger partial charge in [0.15, 0.2) is 5.13 Å². The number of nitrogens with zero attached hydrogens (tertiary/aromatic N) is 1. The maximum absolute atomic E-state index is 12.2. The van der Waals surface area contributed by atoms with E-state index in [1.54, 1.807) is 6.92 Å². The summed E-state index contributed by atoms with van der Waals surface area (Å²) in [5, 5.41) is 0.825. The lowest BCUT2D eigenvalue weighted by Crippen LogP contribution is -2.12. The summed E-state index contributed by atoms with van der Waals surface area (Å²) >= 11 is 6.66. The molecule has 1 N–H and O–H groups in total. The number of rotatable bonds is 4. The Labute approximate surface area is 130 Å². The van der Waals surface area contributed by atoms with E-state index in [9.17, 15) is 13.2 Å². The number of hydrogen-bond acceptors (Lipinski definition) is 6. The fraction of sp³-hybridized carbons (Fsp3) is 0.167. The Kier molecular flexibility index (Phi) is 4.50. The molecule has 0 amide bonds. The second-order valence-electron chi connectivity index (χ2n) is 4.04. The molecule has 21 heavy (non-hydrogen) atoms. The SMILES string of the molecule is CC(=O)Oc1sc(NS(=O)(=O)c2ccc(Cl)cc2)nc1C. The molecule has 6 nitrogen and oxygen atoms in total. The van der Waals surface area contributed by atoms with Crippen LogP contribution < -0.4 is 9.46 Å². The quantitative estimate of drug-likeness (QED) is 0.860. The van der Waals surface area contributed by atoms with Gasteiger partial charge in [-0.1, -0.05) is 22.9 Å². The molecule has 0 radical (unpaired) electrons. The smallest absolute Gasteiger partial charge is 0.308 e.